The van der Waals surface area contributed by atoms with Crippen molar-refractivity contribution >= 4 is 28.8 Å². The van der Waals surface area contributed by atoms with Crippen molar-refractivity contribution in [2.45, 2.75) is 6.54 Å². The summed E-state index contributed by atoms with van der Waals surface area (Å²) in [5, 5.41) is 7.46. The van der Waals surface area contributed by atoms with Crippen LogP contribution in [0.1, 0.15) is 25.8 Å². The molecule has 3 aromatic rings. The smallest absolute Gasteiger partial charge is 0.291 e. The van der Waals surface area contributed by atoms with Gasteiger partial charge in [0.05, 0.1) is 11.1 Å². The molecule has 0 aliphatic carbocycles. The van der Waals surface area contributed by atoms with Gasteiger partial charge in [0.1, 0.15) is 0 Å². The van der Waals surface area contributed by atoms with Crippen molar-refractivity contribution in [1.82, 2.24) is 5.32 Å². The monoisotopic (exact) mass is 326 g/mol. The standard InChI is InChI=1S/C17H14N2O3S/c20-16(14-3-1-9-22-14)19-13-7-5-12(6-8-13)11-18-17(21)15-4-2-10-23-15/h1-10H,11H2,(H,18,21)(H,19,20). The maximum Gasteiger partial charge on any atom is 0.291 e. The first-order chi connectivity index (χ1) is 11.2. The van der Waals surface area contributed by atoms with Crippen LogP contribution in [0, 0.1) is 0 Å². The minimum atomic E-state index is -0.297. The molecule has 2 amide bonds. The quantitative estimate of drug-likeness (QED) is 0.753. The van der Waals surface area contributed by atoms with Gasteiger partial charge in [-0.1, -0.05) is 18.2 Å². The van der Waals surface area contributed by atoms with E-state index in [1.165, 1.54) is 17.6 Å². The summed E-state index contributed by atoms with van der Waals surface area (Å²) < 4.78 is 5.03. The Balaban J connectivity index is 1.55. The Bertz CT molecular complexity index is 778. The lowest BCUT2D eigenvalue weighted by molar-refractivity contribution is 0.0953. The molecular weight excluding hydrogens is 312 g/mol. The van der Waals surface area contributed by atoms with Crippen LogP contribution in [0.5, 0.6) is 0 Å². The van der Waals surface area contributed by atoms with Crippen LogP contribution in [-0.4, -0.2) is 11.8 Å². The Morgan fingerprint density at radius 1 is 1.00 bits per heavy atom. The summed E-state index contributed by atoms with van der Waals surface area (Å²) in [6, 6.07) is 14.2. The molecule has 0 fully saturated rings. The Morgan fingerprint density at radius 3 is 2.48 bits per heavy atom. The average molecular weight is 326 g/mol. The van der Waals surface area contributed by atoms with Crippen molar-refractivity contribution in [3.63, 3.8) is 0 Å². The Hall–Kier alpha value is -2.86. The summed E-state index contributed by atoms with van der Waals surface area (Å²) in [6.45, 7) is 0.434. The van der Waals surface area contributed by atoms with Crippen molar-refractivity contribution in [2.75, 3.05) is 5.32 Å². The zero-order chi connectivity index (χ0) is 16.1. The zero-order valence-corrected chi connectivity index (χ0v) is 12.9. The molecule has 2 aromatic heterocycles. The fourth-order valence-corrected chi connectivity index (χ4v) is 2.62. The van der Waals surface area contributed by atoms with E-state index in [9.17, 15) is 9.59 Å². The molecule has 0 unspecified atom stereocenters. The van der Waals surface area contributed by atoms with E-state index in [1.807, 2.05) is 23.6 Å². The van der Waals surface area contributed by atoms with Gasteiger partial charge in [-0.3, -0.25) is 9.59 Å². The highest BCUT2D eigenvalue weighted by atomic mass is 32.1. The number of nitrogens with one attached hydrogen (secondary N) is 2. The predicted octanol–water partition coefficient (Wildman–Crippen LogP) is 3.52. The maximum absolute atomic E-state index is 11.9. The van der Waals surface area contributed by atoms with Gasteiger partial charge in [0, 0.05) is 12.2 Å². The normalized spacial score (nSPS) is 10.3. The third-order valence-corrected chi connectivity index (χ3v) is 4.02. The molecule has 23 heavy (non-hydrogen) atoms. The van der Waals surface area contributed by atoms with Crippen molar-refractivity contribution in [2.24, 2.45) is 0 Å². The SMILES string of the molecule is O=C(Nc1ccc(CNC(=O)c2cccs2)cc1)c1ccco1. The van der Waals surface area contributed by atoms with Crippen LogP contribution in [0.4, 0.5) is 5.69 Å². The first-order valence-corrected chi connectivity index (χ1v) is 7.86. The molecular formula is C17H14N2O3S. The molecule has 2 heterocycles. The van der Waals surface area contributed by atoms with Gasteiger partial charge in [0.2, 0.25) is 0 Å². The van der Waals surface area contributed by atoms with E-state index < -0.39 is 0 Å². The largest absolute Gasteiger partial charge is 0.459 e. The number of benzene rings is 1. The van der Waals surface area contributed by atoms with Gasteiger partial charge < -0.3 is 15.1 Å². The molecule has 2 N–H and O–H groups in total. The molecule has 0 aliphatic rings. The highest BCUT2D eigenvalue weighted by molar-refractivity contribution is 7.12. The Labute approximate surface area is 136 Å². The fourth-order valence-electron chi connectivity index (χ4n) is 1.98. The summed E-state index contributed by atoms with van der Waals surface area (Å²) in [7, 11) is 0. The van der Waals surface area contributed by atoms with Gasteiger partial charge >= 0.3 is 0 Å². The fraction of sp³-hybridized carbons (Fsp3) is 0.0588. The lowest BCUT2D eigenvalue weighted by atomic mass is 10.2. The van der Waals surface area contributed by atoms with E-state index in [1.54, 1.807) is 30.3 Å². The highest BCUT2D eigenvalue weighted by Gasteiger charge is 2.09. The van der Waals surface area contributed by atoms with Crippen LogP contribution in [0.15, 0.2) is 64.6 Å². The summed E-state index contributed by atoms with van der Waals surface area (Å²) >= 11 is 1.41. The first-order valence-electron chi connectivity index (χ1n) is 6.98. The number of hydrogen-bond donors (Lipinski definition) is 2. The average Bonchev–Trinajstić information content (AvgIpc) is 3.27. The minimum Gasteiger partial charge on any atom is -0.459 e. The molecule has 116 valence electrons. The molecule has 0 saturated carbocycles. The number of rotatable bonds is 5. The second-order valence-corrected chi connectivity index (χ2v) is 5.74. The van der Waals surface area contributed by atoms with E-state index in [2.05, 4.69) is 10.6 Å². The van der Waals surface area contributed by atoms with Gasteiger partial charge in [0.15, 0.2) is 5.76 Å². The molecule has 6 heteroatoms. The molecule has 0 saturated heterocycles. The number of amides is 2. The van der Waals surface area contributed by atoms with Gasteiger partial charge in [0.25, 0.3) is 11.8 Å². The summed E-state index contributed by atoms with van der Waals surface area (Å²) in [5.41, 5.74) is 1.62. The minimum absolute atomic E-state index is 0.0878. The van der Waals surface area contributed by atoms with Gasteiger partial charge in [-0.15, -0.1) is 11.3 Å². The van der Waals surface area contributed by atoms with Crippen LogP contribution >= 0.6 is 11.3 Å². The van der Waals surface area contributed by atoms with E-state index in [-0.39, 0.29) is 17.6 Å². The molecule has 0 atom stereocenters. The zero-order valence-electron chi connectivity index (χ0n) is 12.1. The van der Waals surface area contributed by atoms with E-state index in [4.69, 9.17) is 4.42 Å². The predicted molar refractivity (Wildman–Crippen MR) is 88.6 cm³/mol. The summed E-state index contributed by atoms with van der Waals surface area (Å²) in [6.07, 6.45) is 1.45. The van der Waals surface area contributed by atoms with E-state index >= 15 is 0 Å². The molecule has 3 rings (SSSR count). The number of carbonyl (C=O) groups excluding carboxylic acids is 2. The first kappa shape index (κ1) is 15.1. The molecule has 0 radical (unpaired) electrons. The van der Waals surface area contributed by atoms with Gasteiger partial charge in [-0.05, 0) is 41.3 Å². The van der Waals surface area contributed by atoms with Crippen molar-refractivity contribution in [3.05, 3.63) is 76.4 Å². The second kappa shape index (κ2) is 6.93. The van der Waals surface area contributed by atoms with Crippen LogP contribution in [0.3, 0.4) is 0 Å². The van der Waals surface area contributed by atoms with Crippen LogP contribution in [0.2, 0.25) is 0 Å². The Morgan fingerprint density at radius 2 is 1.83 bits per heavy atom. The molecule has 0 aliphatic heterocycles. The van der Waals surface area contributed by atoms with Crippen molar-refractivity contribution < 1.29 is 14.0 Å². The summed E-state index contributed by atoms with van der Waals surface area (Å²) in [5.74, 6) is -0.124. The van der Waals surface area contributed by atoms with Crippen LogP contribution < -0.4 is 10.6 Å². The number of furan rings is 1. The third-order valence-electron chi connectivity index (χ3n) is 3.15. The number of carbonyl (C=O) groups is 2. The Kier molecular flexibility index (Phi) is 4.54. The summed E-state index contributed by atoms with van der Waals surface area (Å²) in [4.78, 5) is 24.4. The van der Waals surface area contributed by atoms with Crippen LogP contribution in [0.25, 0.3) is 0 Å². The van der Waals surface area contributed by atoms with E-state index in [0.29, 0.717) is 17.1 Å². The van der Waals surface area contributed by atoms with Crippen molar-refractivity contribution in [3.8, 4) is 0 Å². The third kappa shape index (κ3) is 3.87. The topological polar surface area (TPSA) is 71.3 Å². The highest BCUT2D eigenvalue weighted by Crippen LogP contribution is 2.12. The molecule has 1 aromatic carbocycles. The van der Waals surface area contributed by atoms with E-state index in [0.717, 1.165) is 5.56 Å². The molecule has 0 bridgehead atoms. The molecule has 5 nitrogen and oxygen atoms in total. The second-order valence-electron chi connectivity index (χ2n) is 4.79. The lowest BCUT2D eigenvalue weighted by Gasteiger charge is -2.06. The van der Waals surface area contributed by atoms with Crippen molar-refractivity contribution in [1.29, 1.82) is 0 Å². The number of hydrogen-bond acceptors (Lipinski definition) is 4. The molecule has 0 spiro atoms. The number of thiophene rings is 1. The van der Waals surface area contributed by atoms with Crippen LogP contribution in [-0.2, 0) is 6.54 Å². The van der Waals surface area contributed by atoms with Gasteiger partial charge in [-0.25, -0.2) is 0 Å². The van der Waals surface area contributed by atoms with Gasteiger partial charge in [-0.2, -0.15) is 0 Å². The number of anilines is 1. The maximum atomic E-state index is 11.9. The lowest BCUT2D eigenvalue weighted by Crippen LogP contribution is -2.21.